The van der Waals surface area contributed by atoms with Crippen molar-refractivity contribution in [2.24, 2.45) is 11.8 Å². The van der Waals surface area contributed by atoms with Crippen LogP contribution in [0.5, 0.6) is 0 Å². The van der Waals surface area contributed by atoms with Crippen molar-refractivity contribution < 1.29 is 9.90 Å². The normalized spacial score (nSPS) is 23.3. The molecule has 1 atom stereocenters. The second-order valence-electron chi connectivity index (χ2n) is 5.38. The fourth-order valence-corrected chi connectivity index (χ4v) is 2.77. The molecule has 1 unspecified atom stereocenters. The van der Waals surface area contributed by atoms with Crippen molar-refractivity contribution in [2.45, 2.75) is 57.4 Å². The standard InChI is InChI=1S/C13H23NO2/c15-8-7-12(11-3-1-2-4-11)14-13(16)9-10-5-6-10/h10-12,15H,1-9H2,(H,14,16). The first-order valence-electron chi connectivity index (χ1n) is 6.70. The van der Waals surface area contributed by atoms with Gasteiger partial charge in [-0.2, -0.15) is 0 Å². The number of carbonyl (C=O) groups excluding carboxylic acids is 1. The number of aliphatic hydroxyl groups excluding tert-OH is 1. The lowest BCUT2D eigenvalue weighted by atomic mass is 9.95. The van der Waals surface area contributed by atoms with Gasteiger partial charge in [0.25, 0.3) is 0 Å². The van der Waals surface area contributed by atoms with E-state index >= 15 is 0 Å². The molecule has 0 aliphatic heterocycles. The molecule has 2 saturated carbocycles. The van der Waals surface area contributed by atoms with Gasteiger partial charge in [-0.05, 0) is 43.9 Å². The van der Waals surface area contributed by atoms with Crippen molar-refractivity contribution in [3.05, 3.63) is 0 Å². The van der Waals surface area contributed by atoms with Gasteiger partial charge in [-0.1, -0.05) is 12.8 Å². The molecule has 2 aliphatic carbocycles. The predicted molar refractivity (Wildman–Crippen MR) is 62.9 cm³/mol. The number of carbonyl (C=O) groups is 1. The monoisotopic (exact) mass is 225 g/mol. The first-order chi connectivity index (χ1) is 7.79. The number of hydrogen-bond donors (Lipinski definition) is 2. The van der Waals surface area contributed by atoms with Crippen LogP contribution in [0, 0.1) is 11.8 Å². The summed E-state index contributed by atoms with van der Waals surface area (Å²) >= 11 is 0. The molecule has 0 spiro atoms. The maximum absolute atomic E-state index is 11.7. The Hall–Kier alpha value is -0.570. The van der Waals surface area contributed by atoms with Gasteiger partial charge in [0.15, 0.2) is 0 Å². The number of hydrogen-bond acceptors (Lipinski definition) is 2. The van der Waals surface area contributed by atoms with Crippen LogP contribution in [0.1, 0.15) is 51.4 Å². The smallest absolute Gasteiger partial charge is 0.220 e. The molecule has 92 valence electrons. The number of rotatable bonds is 6. The third-order valence-corrected chi connectivity index (χ3v) is 3.93. The van der Waals surface area contributed by atoms with Crippen molar-refractivity contribution in [3.63, 3.8) is 0 Å². The summed E-state index contributed by atoms with van der Waals surface area (Å²) in [5.41, 5.74) is 0. The summed E-state index contributed by atoms with van der Waals surface area (Å²) in [6.45, 7) is 0.185. The van der Waals surface area contributed by atoms with Gasteiger partial charge in [0.2, 0.25) is 5.91 Å². The topological polar surface area (TPSA) is 49.3 Å². The van der Waals surface area contributed by atoms with E-state index in [9.17, 15) is 4.79 Å². The molecular weight excluding hydrogens is 202 g/mol. The Kier molecular flexibility index (Phi) is 4.22. The number of nitrogens with one attached hydrogen (secondary N) is 1. The molecule has 2 fully saturated rings. The molecule has 0 aromatic heterocycles. The van der Waals surface area contributed by atoms with E-state index in [4.69, 9.17) is 5.11 Å². The first-order valence-corrected chi connectivity index (χ1v) is 6.70. The zero-order chi connectivity index (χ0) is 11.4. The quantitative estimate of drug-likeness (QED) is 0.724. The molecule has 3 heteroatoms. The van der Waals surface area contributed by atoms with Crippen LogP contribution in [0.25, 0.3) is 0 Å². The Morgan fingerprint density at radius 3 is 2.50 bits per heavy atom. The number of amides is 1. The molecule has 2 rings (SSSR count). The summed E-state index contributed by atoms with van der Waals surface area (Å²) in [5, 5.41) is 12.2. The van der Waals surface area contributed by atoms with Gasteiger partial charge in [-0.15, -0.1) is 0 Å². The van der Waals surface area contributed by atoms with E-state index in [1.807, 2.05) is 0 Å². The molecule has 3 nitrogen and oxygen atoms in total. The van der Waals surface area contributed by atoms with Gasteiger partial charge in [0, 0.05) is 19.1 Å². The summed E-state index contributed by atoms with van der Waals surface area (Å²) in [7, 11) is 0. The Labute approximate surface area is 97.6 Å². The summed E-state index contributed by atoms with van der Waals surface area (Å²) in [6, 6.07) is 0.221. The van der Waals surface area contributed by atoms with Crippen molar-refractivity contribution in [1.29, 1.82) is 0 Å². The van der Waals surface area contributed by atoms with Crippen LogP contribution in [0.2, 0.25) is 0 Å². The third-order valence-electron chi connectivity index (χ3n) is 3.93. The van der Waals surface area contributed by atoms with Crippen LogP contribution in [-0.4, -0.2) is 23.7 Å². The van der Waals surface area contributed by atoms with Crippen LogP contribution in [0.15, 0.2) is 0 Å². The summed E-state index contributed by atoms with van der Waals surface area (Å²) in [6.07, 6.45) is 8.87. The second kappa shape index (κ2) is 5.67. The SMILES string of the molecule is O=C(CC1CC1)NC(CCO)C1CCCC1. The lowest BCUT2D eigenvalue weighted by Crippen LogP contribution is -2.40. The van der Waals surface area contributed by atoms with E-state index in [0.29, 0.717) is 18.3 Å². The van der Waals surface area contributed by atoms with Gasteiger partial charge in [0.1, 0.15) is 0 Å². The Morgan fingerprint density at radius 1 is 1.25 bits per heavy atom. The highest BCUT2D eigenvalue weighted by Gasteiger charge is 2.29. The van der Waals surface area contributed by atoms with Crippen LogP contribution in [0.3, 0.4) is 0 Å². The maximum atomic E-state index is 11.7. The van der Waals surface area contributed by atoms with Crippen LogP contribution in [0.4, 0.5) is 0 Å². The third kappa shape index (κ3) is 3.48. The minimum absolute atomic E-state index is 0.185. The van der Waals surface area contributed by atoms with E-state index in [1.54, 1.807) is 0 Å². The average molecular weight is 225 g/mol. The zero-order valence-electron chi connectivity index (χ0n) is 9.95. The average Bonchev–Trinajstić information content (AvgIpc) is 2.90. The van der Waals surface area contributed by atoms with Crippen LogP contribution in [-0.2, 0) is 4.79 Å². The Balaban J connectivity index is 1.77. The molecule has 0 aromatic rings. The van der Waals surface area contributed by atoms with Crippen molar-refractivity contribution >= 4 is 5.91 Å². The van der Waals surface area contributed by atoms with Crippen molar-refractivity contribution in [2.75, 3.05) is 6.61 Å². The molecule has 0 bridgehead atoms. The van der Waals surface area contributed by atoms with E-state index in [0.717, 1.165) is 6.42 Å². The van der Waals surface area contributed by atoms with E-state index in [2.05, 4.69) is 5.32 Å². The van der Waals surface area contributed by atoms with Gasteiger partial charge in [0.05, 0.1) is 0 Å². The summed E-state index contributed by atoms with van der Waals surface area (Å²) in [5.74, 6) is 1.46. The minimum Gasteiger partial charge on any atom is -0.396 e. The zero-order valence-corrected chi connectivity index (χ0v) is 9.95. The van der Waals surface area contributed by atoms with Gasteiger partial charge in [-0.3, -0.25) is 4.79 Å². The molecule has 0 heterocycles. The van der Waals surface area contributed by atoms with Crippen LogP contribution >= 0.6 is 0 Å². The lowest BCUT2D eigenvalue weighted by molar-refractivity contribution is -0.122. The largest absolute Gasteiger partial charge is 0.396 e. The molecule has 0 saturated heterocycles. The molecule has 1 amide bonds. The fraction of sp³-hybridized carbons (Fsp3) is 0.923. The molecule has 2 N–H and O–H groups in total. The van der Waals surface area contributed by atoms with Crippen molar-refractivity contribution in [3.8, 4) is 0 Å². The molecular formula is C13H23NO2. The molecule has 2 aliphatic rings. The summed E-state index contributed by atoms with van der Waals surface area (Å²) in [4.78, 5) is 11.7. The van der Waals surface area contributed by atoms with Gasteiger partial charge >= 0.3 is 0 Å². The van der Waals surface area contributed by atoms with E-state index in [-0.39, 0.29) is 18.6 Å². The minimum atomic E-state index is 0.185. The van der Waals surface area contributed by atoms with Gasteiger partial charge < -0.3 is 10.4 Å². The molecule has 16 heavy (non-hydrogen) atoms. The summed E-state index contributed by atoms with van der Waals surface area (Å²) < 4.78 is 0. The first kappa shape index (κ1) is 11.9. The Bertz CT molecular complexity index is 232. The predicted octanol–water partition coefficient (Wildman–Crippen LogP) is 1.84. The lowest BCUT2D eigenvalue weighted by Gasteiger charge is -2.24. The molecule has 0 radical (unpaired) electrons. The van der Waals surface area contributed by atoms with E-state index < -0.39 is 0 Å². The highest BCUT2D eigenvalue weighted by Crippen LogP contribution is 2.33. The highest BCUT2D eigenvalue weighted by atomic mass is 16.3. The highest BCUT2D eigenvalue weighted by molar-refractivity contribution is 5.76. The fourth-order valence-electron chi connectivity index (χ4n) is 2.77. The van der Waals surface area contributed by atoms with Gasteiger partial charge in [-0.25, -0.2) is 0 Å². The van der Waals surface area contributed by atoms with Crippen LogP contribution < -0.4 is 5.32 Å². The number of aliphatic hydroxyl groups is 1. The molecule has 0 aromatic carbocycles. The maximum Gasteiger partial charge on any atom is 0.220 e. The van der Waals surface area contributed by atoms with Crippen molar-refractivity contribution in [1.82, 2.24) is 5.32 Å². The Morgan fingerprint density at radius 2 is 1.94 bits per heavy atom. The second-order valence-corrected chi connectivity index (χ2v) is 5.38. The van der Waals surface area contributed by atoms with E-state index in [1.165, 1.54) is 38.5 Å².